The molecule has 12 aromatic rings. The van der Waals surface area contributed by atoms with Crippen molar-refractivity contribution in [3.8, 4) is 57.2 Å². The van der Waals surface area contributed by atoms with Crippen LogP contribution in [-0.4, -0.2) is 39.0 Å². The zero-order valence-electron chi connectivity index (χ0n) is 32.1. The molecule has 60 heavy (non-hydrogen) atoms. The molecular weight excluding hydrogens is 737 g/mol. The summed E-state index contributed by atoms with van der Waals surface area (Å²) < 4.78 is 4.36. The smallest absolute Gasteiger partial charge is 0.238 e. The van der Waals surface area contributed by atoms with Gasteiger partial charge in [-0.05, 0) is 77.9 Å². The molecular formula is C52H32N8. The van der Waals surface area contributed by atoms with E-state index in [9.17, 15) is 0 Å². The molecule has 0 saturated carbocycles. The van der Waals surface area contributed by atoms with Crippen molar-refractivity contribution in [2.24, 2.45) is 0 Å². The topological polar surface area (TPSA) is 87.2 Å². The summed E-state index contributed by atoms with van der Waals surface area (Å²) in [4.78, 5) is 30.4. The highest BCUT2D eigenvalue weighted by Gasteiger charge is 2.20. The van der Waals surface area contributed by atoms with Crippen molar-refractivity contribution in [3.63, 3.8) is 0 Å². The zero-order chi connectivity index (χ0) is 39.6. The highest BCUT2D eigenvalue weighted by molar-refractivity contribution is 6.10. The van der Waals surface area contributed by atoms with Crippen LogP contribution in [0.4, 0.5) is 0 Å². The highest BCUT2D eigenvalue weighted by atomic mass is 15.2. The van der Waals surface area contributed by atoms with E-state index < -0.39 is 0 Å². The van der Waals surface area contributed by atoms with Gasteiger partial charge in [-0.1, -0.05) is 127 Å². The monoisotopic (exact) mass is 768 g/mol. The van der Waals surface area contributed by atoms with Crippen LogP contribution in [0.5, 0.6) is 0 Å². The van der Waals surface area contributed by atoms with E-state index in [4.69, 9.17) is 29.9 Å². The van der Waals surface area contributed by atoms with Crippen molar-refractivity contribution in [2.75, 3.05) is 0 Å². The van der Waals surface area contributed by atoms with Gasteiger partial charge in [0.1, 0.15) is 17.2 Å². The second-order valence-corrected chi connectivity index (χ2v) is 14.8. The Kier molecular flexibility index (Phi) is 7.67. The molecule has 0 aliphatic rings. The quantitative estimate of drug-likeness (QED) is 0.167. The molecule has 8 nitrogen and oxygen atoms in total. The van der Waals surface area contributed by atoms with Gasteiger partial charge >= 0.3 is 0 Å². The number of rotatable bonds is 6. The summed E-state index contributed by atoms with van der Waals surface area (Å²) in [7, 11) is 0. The Bertz CT molecular complexity index is 3510. The number of para-hydroxylation sites is 6. The van der Waals surface area contributed by atoms with E-state index >= 15 is 0 Å². The summed E-state index contributed by atoms with van der Waals surface area (Å²) in [6.07, 6.45) is 0. The fourth-order valence-electron chi connectivity index (χ4n) is 8.31. The molecule has 12 rings (SSSR count). The maximum atomic E-state index is 5.15. The Morgan fingerprint density at radius 1 is 0.317 bits per heavy atom. The second-order valence-electron chi connectivity index (χ2n) is 14.8. The first kappa shape index (κ1) is 33.7. The Morgan fingerprint density at radius 3 is 1.57 bits per heavy atom. The van der Waals surface area contributed by atoms with Crippen LogP contribution in [0.2, 0.25) is 0 Å². The molecule has 0 radical (unpaired) electrons. The van der Waals surface area contributed by atoms with Crippen LogP contribution < -0.4 is 0 Å². The second kappa shape index (κ2) is 13.6. The van der Waals surface area contributed by atoms with Crippen LogP contribution in [0.3, 0.4) is 0 Å². The van der Waals surface area contributed by atoms with Crippen molar-refractivity contribution < 1.29 is 0 Å². The van der Waals surface area contributed by atoms with Gasteiger partial charge in [-0.3, -0.25) is 9.13 Å². The van der Waals surface area contributed by atoms with Crippen LogP contribution in [0, 0.1) is 0 Å². The van der Waals surface area contributed by atoms with Crippen molar-refractivity contribution in [3.05, 3.63) is 194 Å². The minimum atomic E-state index is 0.471. The molecule has 0 fully saturated rings. The molecule has 5 aromatic heterocycles. The first-order valence-corrected chi connectivity index (χ1v) is 19.9. The van der Waals surface area contributed by atoms with E-state index in [1.54, 1.807) is 0 Å². The predicted octanol–water partition coefficient (Wildman–Crippen LogP) is 12.1. The number of pyridine rings is 2. The van der Waals surface area contributed by atoms with Gasteiger partial charge < -0.3 is 0 Å². The number of hydrogen-bond acceptors (Lipinski definition) is 6. The lowest BCUT2D eigenvalue weighted by molar-refractivity contribution is 0.945. The summed E-state index contributed by atoms with van der Waals surface area (Å²) >= 11 is 0. The maximum absolute atomic E-state index is 5.15. The van der Waals surface area contributed by atoms with Crippen molar-refractivity contribution in [1.82, 2.24) is 39.0 Å². The molecule has 0 atom stereocenters. The standard InChI is InChI=1S/C52H32N8/c1-2-14-38(15-3-1)59-48-21-11-9-19-43(48)55-51(59)36-24-22-33(23-25-36)37-28-31-47-40(32-37)39-16-6-10-20-46(39)60(47)52-57-49(44-29-26-34-12-4-7-17-41(34)53-44)56-50(58-52)45-30-27-35-13-5-8-18-42(35)54-45/h1-32H. The summed E-state index contributed by atoms with van der Waals surface area (Å²) in [5.74, 6) is 2.34. The highest BCUT2D eigenvalue weighted by Crippen LogP contribution is 2.36. The van der Waals surface area contributed by atoms with Gasteiger partial charge in [0.05, 0.1) is 33.1 Å². The molecule has 0 unspecified atom stereocenters. The molecule has 0 spiro atoms. The van der Waals surface area contributed by atoms with E-state index in [2.05, 4.69) is 143 Å². The minimum absolute atomic E-state index is 0.471. The minimum Gasteiger partial charge on any atom is -0.292 e. The number of nitrogens with zero attached hydrogens (tertiary/aromatic N) is 8. The van der Waals surface area contributed by atoms with E-state index in [0.29, 0.717) is 29.0 Å². The van der Waals surface area contributed by atoms with Crippen LogP contribution >= 0.6 is 0 Å². The van der Waals surface area contributed by atoms with Gasteiger partial charge in [-0.25, -0.2) is 19.9 Å². The third kappa shape index (κ3) is 5.61. The lowest BCUT2D eigenvalue weighted by Crippen LogP contribution is -2.07. The molecule has 0 N–H and O–H groups in total. The Balaban J connectivity index is 0.996. The van der Waals surface area contributed by atoms with Gasteiger partial charge in [-0.2, -0.15) is 9.97 Å². The van der Waals surface area contributed by atoms with Gasteiger partial charge in [0.25, 0.3) is 0 Å². The van der Waals surface area contributed by atoms with Gasteiger partial charge in [0.15, 0.2) is 11.6 Å². The number of aromatic nitrogens is 8. The van der Waals surface area contributed by atoms with E-state index in [-0.39, 0.29) is 0 Å². The van der Waals surface area contributed by atoms with Crippen molar-refractivity contribution >= 4 is 54.6 Å². The summed E-state index contributed by atoms with van der Waals surface area (Å²) in [6, 6.07) is 66.6. The van der Waals surface area contributed by atoms with Gasteiger partial charge in [-0.15, -0.1) is 0 Å². The maximum Gasteiger partial charge on any atom is 0.238 e. The summed E-state index contributed by atoms with van der Waals surface area (Å²) in [5, 5.41) is 4.28. The summed E-state index contributed by atoms with van der Waals surface area (Å²) in [6.45, 7) is 0. The van der Waals surface area contributed by atoms with Crippen molar-refractivity contribution in [1.29, 1.82) is 0 Å². The fourth-order valence-corrected chi connectivity index (χ4v) is 8.31. The Hall–Kier alpha value is -8.36. The number of imidazole rings is 1. The number of benzene rings is 7. The van der Waals surface area contributed by atoms with E-state index in [1.807, 2.05) is 60.7 Å². The Morgan fingerprint density at radius 2 is 0.867 bits per heavy atom. The molecule has 0 bridgehead atoms. The Labute approximate surface area is 343 Å². The molecule has 5 heterocycles. The molecule has 0 saturated heterocycles. The number of fused-ring (bicyclic) bond motifs is 6. The van der Waals surface area contributed by atoms with Crippen LogP contribution in [0.25, 0.3) is 112 Å². The molecule has 7 aromatic carbocycles. The van der Waals surface area contributed by atoms with Crippen LogP contribution in [0.1, 0.15) is 0 Å². The van der Waals surface area contributed by atoms with E-state index in [1.165, 1.54) is 0 Å². The average molecular weight is 769 g/mol. The third-order valence-corrected chi connectivity index (χ3v) is 11.2. The normalized spacial score (nSPS) is 11.7. The van der Waals surface area contributed by atoms with Crippen LogP contribution in [0.15, 0.2) is 194 Å². The molecule has 0 aliphatic carbocycles. The van der Waals surface area contributed by atoms with Crippen molar-refractivity contribution in [2.45, 2.75) is 0 Å². The van der Waals surface area contributed by atoms with Gasteiger partial charge in [0, 0.05) is 32.8 Å². The summed E-state index contributed by atoms with van der Waals surface area (Å²) in [5.41, 5.74) is 11.4. The lowest BCUT2D eigenvalue weighted by Gasteiger charge is -2.11. The largest absolute Gasteiger partial charge is 0.292 e. The van der Waals surface area contributed by atoms with Gasteiger partial charge in [0.2, 0.25) is 5.95 Å². The molecule has 0 amide bonds. The fraction of sp³-hybridized carbons (Fsp3) is 0. The first-order valence-electron chi connectivity index (χ1n) is 19.9. The zero-order valence-corrected chi connectivity index (χ0v) is 32.1. The average Bonchev–Trinajstić information content (AvgIpc) is 3.88. The van der Waals surface area contributed by atoms with Crippen LogP contribution in [-0.2, 0) is 0 Å². The SMILES string of the molecule is c1ccc(-n2c(-c3ccc(-c4ccc5c(c4)c4ccccc4n5-c4nc(-c5ccc6ccccc6n5)nc(-c5ccc6ccccc6n5)n4)cc3)nc3ccccc32)cc1. The predicted molar refractivity (Wildman–Crippen MR) is 241 cm³/mol. The molecule has 8 heteroatoms. The molecule has 280 valence electrons. The number of hydrogen-bond donors (Lipinski definition) is 0. The van der Waals surface area contributed by atoms with E-state index in [0.717, 1.165) is 82.8 Å². The first-order chi connectivity index (χ1) is 29.7. The molecule has 0 aliphatic heterocycles. The third-order valence-electron chi connectivity index (χ3n) is 11.2. The lowest BCUT2D eigenvalue weighted by atomic mass is 10.0.